The molecule has 4 N–H and O–H groups in total. The third-order valence-corrected chi connectivity index (χ3v) is 3.46. The van der Waals surface area contributed by atoms with E-state index in [0.717, 1.165) is 19.3 Å². The van der Waals surface area contributed by atoms with E-state index in [1.165, 1.54) is 0 Å². The van der Waals surface area contributed by atoms with E-state index in [4.69, 9.17) is 10.8 Å². The van der Waals surface area contributed by atoms with Gasteiger partial charge in [-0.1, -0.05) is 13.8 Å². The van der Waals surface area contributed by atoms with Gasteiger partial charge < -0.3 is 21.1 Å². The molecule has 0 heterocycles. The summed E-state index contributed by atoms with van der Waals surface area (Å²) >= 11 is 0. The monoisotopic (exact) mass is 271 g/mol. The summed E-state index contributed by atoms with van der Waals surface area (Å²) in [6.45, 7) is 4.23. The number of hydrogen-bond acceptors (Lipinski definition) is 3. The lowest BCUT2D eigenvalue weighted by molar-refractivity contribution is -0.138. The Morgan fingerprint density at radius 1 is 1.42 bits per heavy atom. The second-order valence-electron chi connectivity index (χ2n) is 5.53. The molecule has 1 aliphatic carbocycles. The van der Waals surface area contributed by atoms with Crippen molar-refractivity contribution < 1.29 is 14.7 Å². The number of amides is 3. The normalized spacial score (nSPS) is 16.8. The summed E-state index contributed by atoms with van der Waals surface area (Å²) in [5, 5.41) is 11.6. The molecule has 110 valence electrons. The predicted octanol–water partition coefficient (Wildman–Crippen LogP) is 0.443. The highest BCUT2D eigenvalue weighted by Gasteiger charge is 2.33. The first kappa shape index (κ1) is 15.8. The van der Waals surface area contributed by atoms with E-state index in [-0.39, 0.29) is 24.5 Å². The number of nitrogens with zero attached hydrogens (tertiary/aromatic N) is 1. The van der Waals surface area contributed by atoms with E-state index in [0.29, 0.717) is 13.0 Å². The van der Waals surface area contributed by atoms with Crippen LogP contribution in [-0.4, -0.2) is 47.2 Å². The predicted molar refractivity (Wildman–Crippen MR) is 72.4 cm³/mol. The van der Waals surface area contributed by atoms with Crippen LogP contribution in [0.2, 0.25) is 0 Å². The molecule has 1 fully saturated rings. The van der Waals surface area contributed by atoms with Crippen LogP contribution in [0.1, 0.15) is 39.5 Å². The van der Waals surface area contributed by atoms with Gasteiger partial charge in [-0.3, -0.25) is 4.79 Å². The third-order valence-electron chi connectivity index (χ3n) is 3.46. The molecule has 1 saturated carbocycles. The van der Waals surface area contributed by atoms with Crippen molar-refractivity contribution in [1.29, 1.82) is 0 Å². The summed E-state index contributed by atoms with van der Waals surface area (Å²) < 4.78 is 0. The molecule has 0 aromatic carbocycles. The minimum atomic E-state index is -0.684. The lowest BCUT2D eigenvalue weighted by atomic mass is 9.90. The van der Waals surface area contributed by atoms with Crippen molar-refractivity contribution in [3.8, 4) is 0 Å². The van der Waals surface area contributed by atoms with Crippen LogP contribution < -0.4 is 11.1 Å². The molecule has 0 aromatic rings. The summed E-state index contributed by atoms with van der Waals surface area (Å²) in [5.41, 5.74) is 5.13. The van der Waals surface area contributed by atoms with Crippen LogP contribution in [0.4, 0.5) is 4.79 Å². The van der Waals surface area contributed by atoms with Crippen molar-refractivity contribution in [3.63, 3.8) is 0 Å². The first-order valence-electron chi connectivity index (χ1n) is 6.93. The van der Waals surface area contributed by atoms with Crippen molar-refractivity contribution in [2.75, 3.05) is 13.2 Å². The van der Waals surface area contributed by atoms with Gasteiger partial charge in [-0.25, -0.2) is 4.79 Å². The van der Waals surface area contributed by atoms with Crippen LogP contribution in [0.5, 0.6) is 0 Å². The van der Waals surface area contributed by atoms with E-state index < -0.39 is 12.1 Å². The average Bonchev–Trinajstić information content (AvgIpc) is 2.23. The third kappa shape index (κ3) is 4.70. The van der Waals surface area contributed by atoms with Gasteiger partial charge in [0.25, 0.3) is 0 Å². The first-order valence-corrected chi connectivity index (χ1v) is 6.93. The Labute approximate surface area is 114 Å². The molecule has 1 unspecified atom stereocenters. The number of carbonyl (C=O) groups is 2. The topological polar surface area (TPSA) is 95.7 Å². The Balaban J connectivity index is 2.72. The fourth-order valence-corrected chi connectivity index (χ4v) is 2.34. The van der Waals surface area contributed by atoms with E-state index in [9.17, 15) is 9.59 Å². The summed E-state index contributed by atoms with van der Waals surface area (Å²) in [6, 6.07) is -1.08. The number of nitrogens with two attached hydrogens (primary N) is 1. The zero-order valence-electron chi connectivity index (χ0n) is 11.8. The standard InChI is InChI=1S/C13H25N3O3/c1-9(2)8-11(15-13(14)19)12(18)16(6-7-17)10-4-3-5-10/h9-11,17H,3-8H2,1-2H3,(H3,14,15,19). The summed E-state index contributed by atoms with van der Waals surface area (Å²) in [7, 11) is 0. The van der Waals surface area contributed by atoms with Gasteiger partial charge in [-0.2, -0.15) is 0 Å². The lowest BCUT2D eigenvalue weighted by Gasteiger charge is -2.39. The summed E-state index contributed by atoms with van der Waals surface area (Å²) in [5.74, 6) is 0.143. The van der Waals surface area contributed by atoms with Gasteiger partial charge in [0.1, 0.15) is 6.04 Å². The molecule has 3 amide bonds. The molecule has 1 aliphatic rings. The van der Waals surface area contributed by atoms with E-state index in [1.54, 1.807) is 4.90 Å². The maximum absolute atomic E-state index is 12.5. The Kier molecular flexibility index (Phi) is 6.08. The number of urea groups is 1. The van der Waals surface area contributed by atoms with Gasteiger partial charge in [0, 0.05) is 12.6 Å². The van der Waals surface area contributed by atoms with Crippen molar-refractivity contribution in [2.45, 2.75) is 51.6 Å². The molecule has 0 spiro atoms. The van der Waals surface area contributed by atoms with Crippen molar-refractivity contribution in [1.82, 2.24) is 10.2 Å². The lowest BCUT2D eigenvalue weighted by Crippen LogP contribution is -2.55. The van der Waals surface area contributed by atoms with E-state index in [1.807, 2.05) is 13.8 Å². The number of aliphatic hydroxyl groups is 1. The fraction of sp³-hybridized carbons (Fsp3) is 0.846. The minimum absolute atomic E-state index is 0.0623. The Hall–Kier alpha value is -1.30. The molecule has 0 aromatic heterocycles. The van der Waals surface area contributed by atoms with Crippen LogP contribution in [0, 0.1) is 5.92 Å². The summed E-state index contributed by atoms with van der Waals surface area (Å²) in [6.07, 6.45) is 3.60. The first-order chi connectivity index (χ1) is 8.95. The molecule has 6 nitrogen and oxygen atoms in total. The number of nitrogens with one attached hydrogen (secondary N) is 1. The second-order valence-corrected chi connectivity index (χ2v) is 5.53. The number of hydrogen-bond donors (Lipinski definition) is 3. The van der Waals surface area contributed by atoms with Crippen LogP contribution in [0.15, 0.2) is 0 Å². The van der Waals surface area contributed by atoms with Crippen LogP contribution >= 0.6 is 0 Å². The molecule has 0 bridgehead atoms. The largest absolute Gasteiger partial charge is 0.395 e. The fourth-order valence-electron chi connectivity index (χ4n) is 2.34. The van der Waals surface area contributed by atoms with Crippen LogP contribution in [-0.2, 0) is 4.79 Å². The highest BCUT2D eigenvalue weighted by Crippen LogP contribution is 2.25. The zero-order chi connectivity index (χ0) is 14.4. The van der Waals surface area contributed by atoms with E-state index in [2.05, 4.69) is 5.32 Å². The van der Waals surface area contributed by atoms with Crippen molar-refractivity contribution in [2.24, 2.45) is 11.7 Å². The van der Waals surface area contributed by atoms with E-state index >= 15 is 0 Å². The van der Waals surface area contributed by atoms with Crippen LogP contribution in [0.25, 0.3) is 0 Å². The molecule has 0 radical (unpaired) electrons. The molecule has 1 atom stereocenters. The molecule has 19 heavy (non-hydrogen) atoms. The number of primary amides is 1. The summed E-state index contributed by atoms with van der Waals surface area (Å²) in [4.78, 5) is 25.2. The smallest absolute Gasteiger partial charge is 0.312 e. The second kappa shape index (κ2) is 7.33. The maximum Gasteiger partial charge on any atom is 0.312 e. The SMILES string of the molecule is CC(C)CC(NC(N)=O)C(=O)N(CCO)C1CCC1. The average molecular weight is 271 g/mol. The highest BCUT2D eigenvalue weighted by molar-refractivity contribution is 5.86. The van der Waals surface area contributed by atoms with Crippen molar-refractivity contribution in [3.05, 3.63) is 0 Å². The van der Waals surface area contributed by atoms with Gasteiger partial charge in [-0.05, 0) is 31.6 Å². The molecule has 0 aliphatic heterocycles. The number of rotatable bonds is 7. The molecular weight excluding hydrogens is 246 g/mol. The molecule has 0 saturated heterocycles. The Morgan fingerprint density at radius 2 is 2.05 bits per heavy atom. The van der Waals surface area contributed by atoms with Gasteiger partial charge in [0.15, 0.2) is 0 Å². The minimum Gasteiger partial charge on any atom is -0.395 e. The Bertz CT molecular complexity index is 316. The number of aliphatic hydroxyl groups excluding tert-OH is 1. The molecule has 6 heteroatoms. The number of carbonyl (C=O) groups excluding carboxylic acids is 2. The Morgan fingerprint density at radius 3 is 2.42 bits per heavy atom. The van der Waals surface area contributed by atoms with Gasteiger partial charge >= 0.3 is 6.03 Å². The van der Waals surface area contributed by atoms with Gasteiger partial charge in [0.2, 0.25) is 5.91 Å². The van der Waals surface area contributed by atoms with Crippen LogP contribution in [0.3, 0.4) is 0 Å². The molecular formula is C13H25N3O3. The maximum atomic E-state index is 12.5. The van der Waals surface area contributed by atoms with Gasteiger partial charge in [-0.15, -0.1) is 0 Å². The van der Waals surface area contributed by atoms with Gasteiger partial charge in [0.05, 0.1) is 6.61 Å². The molecule has 1 rings (SSSR count). The highest BCUT2D eigenvalue weighted by atomic mass is 16.3. The zero-order valence-corrected chi connectivity index (χ0v) is 11.8. The quantitative estimate of drug-likeness (QED) is 0.627. The van der Waals surface area contributed by atoms with Crippen molar-refractivity contribution >= 4 is 11.9 Å².